The van der Waals surface area contributed by atoms with Crippen LogP contribution in [-0.4, -0.2) is 20.1 Å². The van der Waals surface area contributed by atoms with Gasteiger partial charge in [-0.25, -0.2) is 0 Å². The second-order valence-electron chi connectivity index (χ2n) is 3.06. The van der Waals surface area contributed by atoms with Gasteiger partial charge in [-0.15, -0.1) is 0 Å². The third-order valence-corrected chi connectivity index (χ3v) is 3.32. The van der Waals surface area contributed by atoms with Crippen molar-refractivity contribution in [1.29, 1.82) is 0 Å². The summed E-state index contributed by atoms with van der Waals surface area (Å²) in [7, 11) is 0. The van der Waals surface area contributed by atoms with Gasteiger partial charge in [0.2, 0.25) is 0 Å². The zero-order valence-electron chi connectivity index (χ0n) is 6.50. The van der Waals surface area contributed by atoms with E-state index in [0.29, 0.717) is 0 Å². The monoisotopic (exact) mass is 218 g/mol. The zero-order chi connectivity index (χ0) is 8.70. The minimum Gasteiger partial charge on any atom is -0.511 e. The quantitative estimate of drug-likeness (QED) is 0.611. The van der Waals surface area contributed by atoms with Gasteiger partial charge in [-0.05, 0) is 19.9 Å². The maximum absolute atomic E-state index is 9.74. The van der Waals surface area contributed by atoms with Crippen LogP contribution >= 0.6 is 15.9 Å². The molecule has 0 aromatic carbocycles. The van der Waals surface area contributed by atoms with E-state index >= 15 is 0 Å². The number of halogens is 1. The number of hydrogen-bond donors (Lipinski definition) is 2. The van der Waals surface area contributed by atoms with Crippen LogP contribution in [0.1, 0.15) is 13.8 Å². The highest BCUT2D eigenvalue weighted by atomic mass is 79.9. The number of alkyl halides is 1. The van der Waals surface area contributed by atoms with Gasteiger partial charge < -0.3 is 10.2 Å². The molecule has 2 atom stereocenters. The van der Waals surface area contributed by atoms with Crippen molar-refractivity contribution in [2.75, 3.05) is 0 Å². The van der Waals surface area contributed by atoms with Gasteiger partial charge in [0.05, 0.1) is 0 Å². The normalized spacial score (nSPS) is 43.8. The molecule has 1 aliphatic rings. The first-order valence-corrected chi connectivity index (χ1v) is 4.17. The van der Waals surface area contributed by atoms with E-state index in [1.807, 2.05) is 0 Å². The molecule has 0 saturated carbocycles. The van der Waals surface area contributed by atoms with E-state index in [1.165, 1.54) is 0 Å². The molecular weight excluding hydrogens is 208 g/mol. The molecule has 0 fully saturated rings. The SMILES string of the molecule is CC1(O)C=CC=C(O)C1(C)Br. The summed E-state index contributed by atoms with van der Waals surface area (Å²) in [5, 5.41) is 19.1. The first kappa shape index (κ1) is 8.81. The number of aliphatic hydroxyl groups is 2. The Morgan fingerprint density at radius 1 is 1.45 bits per heavy atom. The first-order chi connectivity index (χ1) is 4.88. The van der Waals surface area contributed by atoms with Crippen LogP contribution in [0.5, 0.6) is 0 Å². The van der Waals surface area contributed by atoms with Gasteiger partial charge in [0.1, 0.15) is 15.7 Å². The Balaban J connectivity index is 3.09. The summed E-state index contributed by atoms with van der Waals surface area (Å²) >= 11 is 3.26. The largest absolute Gasteiger partial charge is 0.511 e. The second kappa shape index (κ2) is 2.35. The van der Waals surface area contributed by atoms with E-state index in [0.717, 1.165) is 0 Å². The Hall–Kier alpha value is -0.280. The summed E-state index contributed by atoms with van der Waals surface area (Å²) in [6.45, 7) is 3.36. The molecule has 0 heterocycles. The van der Waals surface area contributed by atoms with Crippen molar-refractivity contribution >= 4 is 15.9 Å². The van der Waals surface area contributed by atoms with Gasteiger partial charge in [0.15, 0.2) is 0 Å². The lowest BCUT2D eigenvalue weighted by Gasteiger charge is -2.37. The average Bonchev–Trinajstić information content (AvgIpc) is 1.84. The third-order valence-electron chi connectivity index (χ3n) is 2.11. The zero-order valence-corrected chi connectivity index (χ0v) is 8.09. The van der Waals surface area contributed by atoms with Crippen molar-refractivity contribution in [2.45, 2.75) is 23.8 Å². The third kappa shape index (κ3) is 1.23. The summed E-state index contributed by atoms with van der Waals surface area (Å²) in [6.07, 6.45) is 4.84. The molecule has 0 radical (unpaired) electrons. The van der Waals surface area contributed by atoms with Gasteiger partial charge in [-0.2, -0.15) is 0 Å². The molecule has 1 aliphatic carbocycles. The van der Waals surface area contributed by atoms with Gasteiger partial charge in [-0.3, -0.25) is 0 Å². The molecule has 0 aromatic heterocycles. The maximum Gasteiger partial charge on any atom is 0.112 e. The molecule has 0 saturated heterocycles. The molecule has 1 rings (SSSR count). The molecule has 11 heavy (non-hydrogen) atoms. The van der Waals surface area contributed by atoms with Gasteiger partial charge in [0, 0.05) is 0 Å². The predicted molar refractivity (Wildman–Crippen MR) is 47.8 cm³/mol. The Kier molecular flexibility index (Phi) is 1.89. The van der Waals surface area contributed by atoms with Crippen molar-refractivity contribution in [3.63, 3.8) is 0 Å². The van der Waals surface area contributed by atoms with Gasteiger partial charge in [-0.1, -0.05) is 28.1 Å². The van der Waals surface area contributed by atoms with E-state index in [9.17, 15) is 10.2 Å². The minimum absolute atomic E-state index is 0.144. The lowest BCUT2D eigenvalue weighted by Crippen LogP contribution is -2.46. The van der Waals surface area contributed by atoms with Crippen molar-refractivity contribution < 1.29 is 10.2 Å². The van der Waals surface area contributed by atoms with E-state index in [1.54, 1.807) is 32.1 Å². The molecule has 3 heteroatoms. The van der Waals surface area contributed by atoms with E-state index in [-0.39, 0.29) is 5.76 Å². The number of hydrogen-bond acceptors (Lipinski definition) is 2. The fourth-order valence-corrected chi connectivity index (χ4v) is 1.16. The van der Waals surface area contributed by atoms with Crippen LogP contribution in [-0.2, 0) is 0 Å². The fourth-order valence-electron chi connectivity index (χ4n) is 0.899. The Morgan fingerprint density at radius 3 is 2.36 bits per heavy atom. The lowest BCUT2D eigenvalue weighted by atomic mass is 9.85. The highest BCUT2D eigenvalue weighted by molar-refractivity contribution is 9.10. The molecule has 2 unspecified atom stereocenters. The van der Waals surface area contributed by atoms with Crippen molar-refractivity contribution in [3.05, 3.63) is 24.0 Å². The molecule has 2 N–H and O–H groups in total. The predicted octanol–water partition coefficient (Wildman–Crippen LogP) is 1.90. The second-order valence-corrected chi connectivity index (χ2v) is 4.65. The van der Waals surface area contributed by atoms with E-state index < -0.39 is 9.93 Å². The lowest BCUT2D eigenvalue weighted by molar-refractivity contribution is 0.0700. The van der Waals surface area contributed by atoms with Crippen LogP contribution < -0.4 is 0 Å². The molecule has 0 aliphatic heterocycles. The van der Waals surface area contributed by atoms with Gasteiger partial charge in [0.25, 0.3) is 0 Å². The summed E-state index contributed by atoms with van der Waals surface area (Å²) < 4.78 is -0.769. The van der Waals surface area contributed by atoms with Gasteiger partial charge >= 0.3 is 0 Å². The Labute approximate surface area is 74.4 Å². The van der Waals surface area contributed by atoms with Crippen molar-refractivity contribution in [1.82, 2.24) is 0 Å². The standard InChI is InChI=1S/C8H11BrO2/c1-7(11)5-3-4-6(10)8(7,2)9/h3-5,10-11H,1-2H3. The fraction of sp³-hybridized carbons (Fsp3) is 0.500. The highest BCUT2D eigenvalue weighted by Crippen LogP contribution is 2.39. The van der Waals surface area contributed by atoms with Crippen LogP contribution in [0.3, 0.4) is 0 Å². The maximum atomic E-state index is 9.74. The Bertz CT molecular complexity index is 226. The average molecular weight is 219 g/mol. The first-order valence-electron chi connectivity index (χ1n) is 3.38. The van der Waals surface area contributed by atoms with Crippen molar-refractivity contribution in [2.24, 2.45) is 0 Å². The molecule has 0 amide bonds. The van der Waals surface area contributed by atoms with Crippen LogP contribution in [0, 0.1) is 0 Å². The summed E-state index contributed by atoms with van der Waals surface area (Å²) in [4.78, 5) is 0. The number of allylic oxidation sites excluding steroid dienone is 2. The van der Waals surface area contributed by atoms with Crippen LogP contribution in [0.2, 0.25) is 0 Å². The van der Waals surface area contributed by atoms with Crippen LogP contribution in [0.15, 0.2) is 24.0 Å². The molecule has 0 bridgehead atoms. The van der Waals surface area contributed by atoms with E-state index in [4.69, 9.17) is 0 Å². The highest BCUT2D eigenvalue weighted by Gasteiger charge is 2.44. The minimum atomic E-state index is -1.04. The summed E-state index contributed by atoms with van der Waals surface area (Å²) in [5.41, 5.74) is -1.04. The Morgan fingerprint density at radius 2 is 2.00 bits per heavy atom. The molecular formula is C8H11BrO2. The van der Waals surface area contributed by atoms with Crippen LogP contribution in [0.4, 0.5) is 0 Å². The number of aliphatic hydroxyl groups excluding tert-OH is 1. The molecule has 0 spiro atoms. The topological polar surface area (TPSA) is 40.5 Å². The summed E-state index contributed by atoms with van der Waals surface area (Å²) in [5.74, 6) is 0.144. The van der Waals surface area contributed by atoms with Crippen molar-refractivity contribution in [3.8, 4) is 0 Å². The van der Waals surface area contributed by atoms with Crippen LogP contribution in [0.25, 0.3) is 0 Å². The van der Waals surface area contributed by atoms with E-state index in [2.05, 4.69) is 15.9 Å². The molecule has 0 aromatic rings. The summed E-state index contributed by atoms with van der Waals surface area (Å²) in [6, 6.07) is 0. The number of rotatable bonds is 0. The molecule has 2 nitrogen and oxygen atoms in total. The smallest absolute Gasteiger partial charge is 0.112 e. The molecule has 62 valence electrons.